The second-order valence-electron chi connectivity index (χ2n) is 5.62. The lowest BCUT2D eigenvalue weighted by Gasteiger charge is -2.34. The van der Waals surface area contributed by atoms with Crippen molar-refractivity contribution in [1.29, 1.82) is 0 Å². The Morgan fingerprint density at radius 3 is 2.94 bits per heavy atom. The number of nitrogens with zero attached hydrogens (tertiary/aromatic N) is 2. The number of morpholine rings is 1. The van der Waals surface area contributed by atoms with Gasteiger partial charge >= 0.3 is 0 Å². The van der Waals surface area contributed by atoms with Crippen molar-refractivity contribution in [3.63, 3.8) is 0 Å². The van der Waals surface area contributed by atoms with Gasteiger partial charge in [-0.25, -0.2) is 0 Å². The molecule has 0 aromatic rings. The van der Waals surface area contributed by atoms with Crippen molar-refractivity contribution in [2.45, 2.75) is 31.4 Å². The van der Waals surface area contributed by atoms with Gasteiger partial charge in [0, 0.05) is 32.2 Å². The molecule has 100 valence electrons. The van der Waals surface area contributed by atoms with Crippen LogP contribution in [0.25, 0.3) is 0 Å². The molecule has 0 saturated carbocycles. The molecule has 0 aromatic carbocycles. The second kappa shape index (κ2) is 6.69. The monoisotopic (exact) mass is 241 g/mol. The van der Waals surface area contributed by atoms with Crippen molar-refractivity contribution in [3.8, 4) is 0 Å². The minimum Gasteiger partial charge on any atom is -0.374 e. The maximum Gasteiger partial charge on any atom is 0.0829 e. The summed E-state index contributed by atoms with van der Waals surface area (Å²) >= 11 is 0. The molecular formula is C13H27N3O. The van der Waals surface area contributed by atoms with Gasteiger partial charge in [-0.2, -0.15) is 0 Å². The van der Waals surface area contributed by atoms with Gasteiger partial charge in [-0.05, 0) is 33.5 Å². The van der Waals surface area contributed by atoms with E-state index in [1.165, 1.54) is 25.8 Å². The van der Waals surface area contributed by atoms with Crippen LogP contribution in [0.4, 0.5) is 0 Å². The van der Waals surface area contributed by atoms with Gasteiger partial charge in [0.1, 0.15) is 0 Å². The summed E-state index contributed by atoms with van der Waals surface area (Å²) in [6.07, 6.45) is 4.45. The normalized spacial score (nSPS) is 31.9. The summed E-state index contributed by atoms with van der Waals surface area (Å²) in [5, 5.41) is 3.60. The Kier molecular flexibility index (Phi) is 5.22. The SMILES string of the molecule is CN1CCOC(CN(C)CC2CCCCN2)C1. The second-order valence-corrected chi connectivity index (χ2v) is 5.62. The molecule has 2 atom stereocenters. The zero-order chi connectivity index (χ0) is 12.1. The van der Waals surface area contributed by atoms with Crippen molar-refractivity contribution >= 4 is 0 Å². The molecule has 4 nitrogen and oxygen atoms in total. The Morgan fingerprint density at radius 1 is 1.35 bits per heavy atom. The lowest BCUT2D eigenvalue weighted by Crippen LogP contribution is -2.48. The maximum absolute atomic E-state index is 5.80. The molecule has 0 spiro atoms. The van der Waals surface area contributed by atoms with Gasteiger partial charge < -0.3 is 19.9 Å². The smallest absolute Gasteiger partial charge is 0.0829 e. The van der Waals surface area contributed by atoms with Crippen LogP contribution >= 0.6 is 0 Å². The van der Waals surface area contributed by atoms with E-state index in [0.29, 0.717) is 12.1 Å². The fraction of sp³-hybridized carbons (Fsp3) is 1.00. The standard InChI is InChI=1S/C13H27N3O/c1-15-7-8-17-13(10-15)11-16(2)9-12-5-3-4-6-14-12/h12-14H,3-11H2,1-2H3. The molecule has 2 aliphatic heterocycles. The zero-order valence-electron chi connectivity index (χ0n) is 11.3. The molecule has 4 heteroatoms. The predicted molar refractivity (Wildman–Crippen MR) is 70.4 cm³/mol. The van der Waals surface area contributed by atoms with Crippen LogP contribution in [0, 0.1) is 0 Å². The molecule has 17 heavy (non-hydrogen) atoms. The van der Waals surface area contributed by atoms with Crippen molar-refractivity contribution in [3.05, 3.63) is 0 Å². The molecule has 0 aliphatic carbocycles. The average molecular weight is 241 g/mol. The maximum atomic E-state index is 5.80. The Hall–Kier alpha value is -0.160. The van der Waals surface area contributed by atoms with E-state index in [1.807, 2.05) is 0 Å². The highest BCUT2D eigenvalue weighted by Crippen LogP contribution is 2.09. The van der Waals surface area contributed by atoms with E-state index in [-0.39, 0.29) is 0 Å². The topological polar surface area (TPSA) is 27.7 Å². The summed E-state index contributed by atoms with van der Waals surface area (Å²) in [7, 11) is 4.40. The van der Waals surface area contributed by atoms with E-state index in [9.17, 15) is 0 Å². The molecule has 2 aliphatic rings. The first-order valence-electron chi connectivity index (χ1n) is 6.96. The van der Waals surface area contributed by atoms with Crippen LogP contribution in [-0.2, 0) is 4.74 Å². The van der Waals surface area contributed by atoms with E-state index in [0.717, 1.165) is 32.8 Å². The Balaban J connectivity index is 1.66. The van der Waals surface area contributed by atoms with E-state index in [4.69, 9.17) is 4.74 Å². The van der Waals surface area contributed by atoms with Crippen LogP contribution in [0.15, 0.2) is 0 Å². The number of nitrogens with one attached hydrogen (secondary N) is 1. The molecule has 2 heterocycles. The van der Waals surface area contributed by atoms with Gasteiger partial charge in [0.05, 0.1) is 12.7 Å². The lowest BCUT2D eigenvalue weighted by molar-refractivity contribution is -0.0334. The fourth-order valence-corrected chi connectivity index (χ4v) is 2.86. The minimum absolute atomic E-state index is 0.391. The zero-order valence-corrected chi connectivity index (χ0v) is 11.3. The molecule has 0 amide bonds. The Labute approximate surface area is 105 Å². The third-order valence-corrected chi connectivity index (χ3v) is 3.80. The number of rotatable bonds is 4. The van der Waals surface area contributed by atoms with E-state index in [2.05, 4.69) is 29.2 Å². The molecule has 2 unspecified atom stereocenters. The third kappa shape index (κ3) is 4.54. The van der Waals surface area contributed by atoms with Crippen molar-refractivity contribution in [2.75, 3.05) is 53.4 Å². The van der Waals surface area contributed by atoms with Gasteiger partial charge in [-0.1, -0.05) is 6.42 Å². The van der Waals surface area contributed by atoms with Crippen molar-refractivity contribution < 1.29 is 4.74 Å². The average Bonchev–Trinajstić information content (AvgIpc) is 2.30. The van der Waals surface area contributed by atoms with Crippen LogP contribution in [0.2, 0.25) is 0 Å². The number of likely N-dealkylation sites (N-methyl/N-ethyl adjacent to an activating group) is 2. The lowest BCUT2D eigenvalue weighted by atomic mass is 10.0. The first-order valence-corrected chi connectivity index (χ1v) is 6.96. The quantitative estimate of drug-likeness (QED) is 0.771. The van der Waals surface area contributed by atoms with Gasteiger partial charge in [0.25, 0.3) is 0 Å². The van der Waals surface area contributed by atoms with E-state index < -0.39 is 0 Å². The molecular weight excluding hydrogens is 214 g/mol. The molecule has 0 aromatic heterocycles. The van der Waals surface area contributed by atoms with Crippen molar-refractivity contribution in [1.82, 2.24) is 15.1 Å². The number of hydrogen-bond acceptors (Lipinski definition) is 4. The summed E-state index contributed by atoms with van der Waals surface area (Å²) in [5.41, 5.74) is 0. The van der Waals surface area contributed by atoms with Crippen LogP contribution in [0.5, 0.6) is 0 Å². The molecule has 2 rings (SSSR count). The molecule has 2 saturated heterocycles. The number of piperidine rings is 1. The van der Waals surface area contributed by atoms with E-state index in [1.54, 1.807) is 0 Å². The third-order valence-electron chi connectivity index (χ3n) is 3.80. The summed E-state index contributed by atoms with van der Waals surface area (Å²) in [6, 6.07) is 0.690. The largest absolute Gasteiger partial charge is 0.374 e. The first-order chi connectivity index (χ1) is 8.24. The highest BCUT2D eigenvalue weighted by atomic mass is 16.5. The number of hydrogen-bond donors (Lipinski definition) is 1. The highest BCUT2D eigenvalue weighted by Gasteiger charge is 2.21. The van der Waals surface area contributed by atoms with Crippen molar-refractivity contribution in [2.24, 2.45) is 0 Å². The number of ether oxygens (including phenoxy) is 1. The van der Waals surface area contributed by atoms with Crippen LogP contribution in [0.1, 0.15) is 19.3 Å². The summed E-state index contributed by atoms with van der Waals surface area (Å²) < 4.78 is 5.80. The molecule has 1 N–H and O–H groups in total. The van der Waals surface area contributed by atoms with Crippen LogP contribution in [0.3, 0.4) is 0 Å². The molecule has 2 fully saturated rings. The fourth-order valence-electron chi connectivity index (χ4n) is 2.86. The summed E-state index contributed by atoms with van der Waals surface area (Å²) in [4.78, 5) is 4.79. The minimum atomic E-state index is 0.391. The van der Waals surface area contributed by atoms with Gasteiger partial charge in [-0.15, -0.1) is 0 Å². The van der Waals surface area contributed by atoms with Gasteiger partial charge in [0.15, 0.2) is 0 Å². The Bertz CT molecular complexity index is 219. The van der Waals surface area contributed by atoms with Crippen LogP contribution in [-0.4, -0.2) is 75.4 Å². The van der Waals surface area contributed by atoms with Crippen LogP contribution < -0.4 is 5.32 Å². The molecule has 0 bridgehead atoms. The van der Waals surface area contributed by atoms with E-state index >= 15 is 0 Å². The van der Waals surface area contributed by atoms with Gasteiger partial charge in [-0.3, -0.25) is 0 Å². The predicted octanol–water partition coefficient (Wildman–Crippen LogP) is 0.391. The summed E-state index contributed by atoms with van der Waals surface area (Å²) in [5.74, 6) is 0. The van der Waals surface area contributed by atoms with Gasteiger partial charge in [0.2, 0.25) is 0 Å². The molecule has 0 radical (unpaired) electrons. The first kappa shape index (κ1) is 13.3. The highest BCUT2D eigenvalue weighted by molar-refractivity contribution is 4.78. The summed E-state index contributed by atoms with van der Waals surface area (Å²) in [6.45, 7) is 6.44. The Morgan fingerprint density at radius 2 is 2.24 bits per heavy atom.